The minimum absolute atomic E-state index is 0. The van der Waals surface area contributed by atoms with Gasteiger partial charge >= 0.3 is 107 Å². The average Bonchev–Trinajstić information content (AvgIpc) is 1.54. The Labute approximate surface area is 114 Å². The molecule has 0 aliphatic carbocycles. The molecule has 0 spiro atoms. The fourth-order valence-corrected chi connectivity index (χ4v) is 0. The Balaban J connectivity index is -0.0000000270. The monoisotopic (exact) mass is 520 g/mol. The van der Waals surface area contributed by atoms with Gasteiger partial charge in [-0.05, 0) is 0 Å². The van der Waals surface area contributed by atoms with Crippen LogP contribution < -0.4 is 12.1 Å². The number of rotatable bonds is 0. The van der Waals surface area contributed by atoms with Gasteiger partial charge in [0.05, 0.1) is 8.41 Å². The summed E-state index contributed by atoms with van der Waals surface area (Å²) in [7, 11) is 0. The maximum atomic E-state index is 8.56. The molecule has 0 atom stereocenters. The van der Waals surface area contributed by atoms with Crippen molar-refractivity contribution in [1.82, 2.24) is 0 Å². The first-order valence-corrected chi connectivity index (χ1v) is 6.77. The van der Waals surface area contributed by atoms with Crippen LogP contribution in [0, 0.1) is 0 Å². The SMILES string of the molecule is B.[Bi+3].[O]=[V](=[O])[O-].[O]=[V](=[O])[O-].[O]=[V](=[O])[O-]. The van der Waals surface area contributed by atoms with E-state index in [1.807, 2.05) is 0 Å². The van der Waals surface area contributed by atoms with Gasteiger partial charge in [0.1, 0.15) is 0 Å². The van der Waals surface area contributed by atoms with E-state index >= 15 is 0 Å². The summed E-state index contributed by atoms with van der Waals surface area (Å²) in [5, 5.41) is 0. The van der Waals surface area contributed by atoms with E-state index in [-0.39, 0.29) is 34.6 Å². The minimum atomic E-state index is -3.94. The van der Waals surface area contributed by atoms with Gasteiger partial charge in [-0.3, -0.25) is 0 Å². The van der Waals surface area contributed by atoms with Crippen LogP contribution in [0.15, 0.2) is 0 Å². The molecule has 0 amide bonds. The van der Waals surface area contributed by atoms with E-state index < -0.39 is 46.2 Å². The summed E-state index contributed by atoms with van der Waals surface area (Å²) < 4.78 is 77.1. The molecule has 0 N–H and O–H groups in total. The van der Waals surface area contributed by atoms with E-state index in [1.165, 1.54) is 0 Å². The molecule has 0 aromatic rings. The number of hydrogen-bond donors (Lipinski definition) is 0. The van der Waals surface area contributed by atoms with Gasteiger partial charge in [0, 0.05) is 0 Å². The Bertz CT molecular complexity index is 213. The molecule has 0 saturated heterocycles. The zero-order chi connectivity index (χ0) is 10.7. The van der Waals surface area contributed by atoms with Crippen molar-refractivity contribution in [3.8, 4) is 0 Å². The van der Waals surface area contributed by atoms with Gasteiger partial charge < -0.3 is 0 Å². The topological polar surface area (TPSA) is 172 Å². The molecule has 0 rings (SSSR count). The average molecular weight is 520 g/mol. The van der Waals surface area contributed by atoms with Gasteiger partial charge in [-0.2, -0.15) is 0 Å². The Hall–Kier alpha value is 1.38. The summed E-state index contributed by atoms with van der Waals surface area (Å²) in [5.41, 5.74) is 0. The van der Waals surface area contributed by atoms with Crippen molar-refractivity contribution in [1.29, 1.82) is 0 Å². The maximum absolute atomic E-state index is 8.56. The second-order valence-electron chi connectivity index (χ2n) is 0.671. The van der Waals surface area contributed by atoms with Gasteiger partial charge in [-0.15, -0.1) is 0 Å². The molecule has 9 nitrogen and oxygen atoms in total. The quantitative estimate of drug-likeness (QED) is 0.283. The van der Waals surface area contributed by atoms with Crippen LogP contribution in [0.4, 0.5) is 0 Å². The normalized spacial score (nSPS) is 5.36. The van der Waals surface area contributed by atoms with Crippen LogP contribution in [0.25, 0.3) is 0 Å². The molecule has 0 aromatic carbocycles. The molecule has 0 bridgehead atoms. The van der Waals surface area contributed by atoms with Crippen molar-refractivity contribution in [2.45, 2.75) is 0 Å². The third-order valence-electron chi connectivity index (χ3n) is 0. The predicted molar refractivity (Wildman–Crippen MR) is 19.8 cm³/mol. The van der Waals surface area contributed by atoms with Crippen molar-refractivity contribution >= 4 is 34.6 Å². The Kier molecular flexibility index (Phi) is 50.4. The molecule has 0 aliphatic heterocycles. The zero-order valence-electron chi connectivity index (χ0n) is 5.46. The van der Waals surface area contributed by atoms with Gasteiger partial charge in [0.2, 0.25) is 0 Å². The third kappa shape index (κ3) is 1080. The first-order valence-electron chi connectivity index (χ1n) is 1.64. The number of hydrogen-bond acceptors (Lipinski definition) is 9. The molecular weight excluding hydrogens is 517 g/mol. The summed E-state index contributed by atoms with van der Waals surface area (Å²) in [5.74, 6) is 0. The summed E-state index contributed by atoms with van der Waals surface area (Å²) in [4.78, 5) is 0. The van der Waals surface area contributed by atoms with E-state index in [0.29, 0.717) is 0 Å². The van der Waals surface area contributed by atoms with Crippen molar-refractivity contribution < 1.29 is 80.3 Å². The molecule has 0 aliphatic rings. The van der Waals surface area contributed by atoms with Gasteiger partial charge in [0.25, 0.3) is 0 Å². The molecule has 14 heteroatoms. The van der Waals surface area contributed by atoms with Crippen molar-refractivity contribution in [2.24, 2.45) is 0 Å². The molecule has 0 saturated carbocycles. The van der Waals surface area contributed by atoms with E-state index in [1.54, 1.807) is 0 Å². The predicted octanol–water partition coefficient (Wildman–Crippen LogP) is -5.85. The van der Waals surface area contributed by atoms with Crippen molar-refractivity contribution in [2.75, 3.05) is 0 Å². The summed E-state index contributed by atoms with van der Waals surface area (Å²) in [6.07, 6.45) is 0. The van der Waals surface area contributed by atoms with Crippen LogP contribution in [0.5, 0.6) is 0 Å². The van der Waals surface area contributed by atoms with Crippen LogP contribution in [0.1, 0.15) is 0 Å². The fraction of sp³-hybridized carbons (Fsp3) is 0. The van der Waals surface area contributed by atoms with Gasteiger partial charge in [0.15, 0.2) is 0 Å². The molecule has 0 unspecified atom stereocenters. The fourth-order valence-electron chi connectivity index (χ4n) is 0. The van der Waals surface area contributed by atoms with Crippen LogP contribution in [0.3, 0.4) is 0 Å². The summed E-state index contributed by atoms with van der Waals surface area (Å²) in [6, 6.07) is 0. The molecule has 80 valence electrons. The second-order valence-corrected chi connectivity index (χ2v) is 2.77. The van der Waals surface area contributed by atoms with Crippen LogP contribution in [0.2, 0.25) is 0 Å². The molecular formula is H3BBiO9V3. The van der Waals surface area contributed by atoms with E-state index in [9.17, 15) is 0 Å². The Morgan fingerprint density at radius 1 is 0.571 bits per heavy atom. The van der Waals surface area contributed by atoms with E-state index in [2.05, 4.69) is 0 Å². The second kappa shape index (κ2) is 23.9. The van der Waals surface area contributed by atoms with Crippen molar-refractivity contribution in [3.63, 3.8) is 0 Å². The van der Waals surface area contributed by atoms with Crippen LogP contribution in [-0.4, -0.2) is 34.6 Å². The van der Waals surface area contributed by atoms with Crippen molar-refractivity contribution in [3.05, 3.63) is 0 Å². The summed E-state index contributed by atoms with van der Waals surface area (Å²) >= 11 is -11.8. The van der Waals surface area contributed by atoms with E-state index in [0.717, 1.165) is 0 Å². The molecule has 0 fully saturated rings. The van der Waals surface area contributed by atoms with Crippen LogP contribution in [-0.2, 0) is 68.2 Å². The van der Waals surface area contributed by atoms with Gasteiger partial charge in [-0.1, -0.05) is 0 Å². The van der Waals surface area contributed by atoms with Crippen LogP contribution >= 0.6 is 0 Å². The first-order chi connectivity index (χ1) is 5.20. The van der Waals surface area contributed by atoms with E-state index in [4.69, 9.17) is 34.1 Å². The Morgan fingerprint density at radius 2 is 0.571 bits per heavy atom. The molecule has 0 aromatic heterocycles. The Morgan fingerprint density at radius 3 is 0.571 bits per heavy atom. The third-order valence-corrected chi connectivity index (χ3v) is 0. The summed E-state index contributed by atoms with van der Waals surface area (Å²) in [6.45, 7) is 0. The van der Waals surface area contributed by atoms with Gasteiger partial charge in [-0.25, -0.2) is 0 Å². The standard InChI is InChI=1S/BH3.Bi.9O.3V/h1H3;;;;;;;;;;;;;/q;+3;;;;;;;3*-1;;;. The zero-order valence-corrected chi connectivity index (χ0v) is 13.1. The molecule has 0 heterocycles. The first kappa shape index (κ1) is 29.5. The molecule has 2 radical (unpaired) electrons. The molecule has 14 heavy (non-hydrogen) atoms.